The Labute approximate surface area is 279 Å². The molecule has 14 heteroatoms. The van der Waals surface area contributed by atoms with Crippen molar-refractivity contribution in [2.45, 2.75) is 32.7 Å². The van der Waals surface area contributed by atoms with Crippen molar-refractivity contribution in [3.05, 3.63) is 127 Å². The summed E-state index contributed by atoms with van der Waals surface area (Å²) in [4.78, 5) is 53.4. The molecule has 1 aliphatic carbocycles. The second-order valence-corrected chi connectivity index (χ2v) is 11.6. The third-order valence-corrected chi connectivity index (χ3v) is 7.81. The van der Waals surface area contributed by atoms with Crippen molar-refractivity contribution in [1.29, 1.82) is 0 Å². The highest BCUT2D eigenvalue weighted by molar-refractivity contribution is 5.97. The second-order valence-electron chi connectivity index (χ2n) is 11.6. The van der Waals surface area contributed by atoms with Gasteiger partial charge in [0, 0.05) is 36.1 Å². The quantitative estimate of drug-likeness (QED) is 0.0907. The zero-order valence-corrected chi connectivity index (χ0v) is 27.1. The molecule has 0 unspecified atom stereocenters. The molecule has 0 radical (unpaired) electrons. The molecule has 0 spiro atoms. The van der Waals surface area contributed by atoms with Crippen LogP contribution in [-0.4, -0.2) is 39.9 Å². The Morgan fingerprint density at radius 3 is 2.43 bits per heavy atom. The summed E-state index contributed by atoms with van der Waals surface area (Å²) < 4.78 is 30.9. The first-order valence-corrected chi connectivity index (χ1v) is 15.4. The molecule has 1 amide bonds. The number of aryl methyl sites for hydroxylation is 1. The molecule has 0 atom stereocenters. The normalized spacial score (nSPS) is 14.1. The number of aldehydes is 1. The fourth-order valence-corrected chi connectivity index (χ4v) is 5.33. The first-order chi connectivity index (χ1) is 23.4. The Morgan fingerprint density at radius 2 is 1.78 bits per heavy atom. The van der Waals surface area contributed by atoms with Gasteiger partial charge in [0.05, 0.1) is 22.4 Å². The van der Waals surface area contributed by atoms with E-state index in [1.165, 1.54) is 61.1 Å². The highest BCUT2D eigenvalue weighted by Gasteiger charge is 2.30. The molecule has 49 heavy (non-hydrogen) atoms. The molecular weight excluding hydrogens is 634 g/mol. The summed E-state index contributed by atoms with van der Waals surface area (Å²) >= 11 is 0. The Kier molecular flexibility index (Phi) is 10.1. The van der Waals surface area contributed by atoms with Gasteiger partial charge < -0.3 is 26.7 Å². The number of benzene rings is 3. The van der Waals surface area contributed by atoms with Crippen LogP contribution >= 0.6 is 0 Å². The molecule has 1 saturated carbocycles. The number of carbonyl (C=O) groups is 2. The number of nitrogens with two attached hydrogens (primary N) is 2. The minimum absolute atomic E-state index is 0.0131. The maximum Gasteiger partial charge on any atom is 0.336 e. The molecule has 4 aromatic rings. The molecule has 254 valence electrons. The van der Waals surface area contributed by atoms with Crippen LogP contribution in [0.2, 0.25) is 0 Å². The van der Waals surface area contributed by atoms with Crippen LogP contribution in [-0.2, 0) is 9.59 Å². The molecule has 0 bridgehead atoms. The Morgan fingerprint density at radius 1 is 1.04 bits per heavy atom. The van der Waals surface area contributed by atoms with Crippen LogP contribution in [0.3, 0.4) is 0 Å². The van der Waals surface area contributed by atoms with Crippen LogP contribution in [0.5, 0.6) is 0 Å². The number of aromatic nitrogens is 2. The monoisotopic (exact) mass is 670 g/mol. The Bertz CT molecular complexity index is 2220. The first-order valence-electron chi connectivity index (χ1n) is 15.4. The molecule has 5 rings (SSSR count). The average molecular weight is 671 g/mol. The SMILES string of the molecule is CN/C(Nc1ccc(C)cc1F)=c1/c(=O)n(C2CC2)c(=O)n(-c2cccc(NC(=O)CN(N)/C=C(\N)c3cccc(F)c3)c2)/c1=C(\C)C=O. The molecule has 1 aliphatic rings. The summed E-state index contributed by atoms with van der Waals surface area (Å²) in [5.41, 5.74) is 6.56. The minimum Gasteiger partial charge on any atom is -0.397 e. The molecule has 12 nitrogen and oxygen atoms in total. The maximum atomic E-state index is 14.9. The zero-order chi connectivity index (χ0) is 35.4. The molecular formula is C35H36F2N8O4. The lowest BCUT2D eigenvalue weighted by molar-refractivity contribution is -0.116. The van der Waals surface area contributed by atoms with E-state index in [2.05, 4.69) is 16.0 Å². The number of amides is 1. The van der Waals surface area contributed by atoms with E-state index in [4.69, 9.17) is 11.6 Å². The van der Waals surface area contributed by atoms with Gasteiger partial charge in [0.1, 0.15) is 35.5 Å². The molecule has 3 aromatic carbocycles. The number of carbonyl (C=O) groups excluding carboxylic acids is 2. The third kappa shape index (κ3) is 7.60. The topological polar surface area (TPSA) is 170 Å². The van der Waals surface area contributed by atoms with Crippen LogP contribution in [0.25, 0.3) is 22.8 Å². The lowest BCUT2D eigenvalue weighted by atomic mass is 10.2. The predicted octanol–water partition coefficient (Wildman–Crippen LogP) is 1.76. The van der Waals surface area contributed by atoms with Crippen LogP contribution in [0.15, 0.2) is 82.5 Å². The molecule has 7 N–H and O–H groups in total. The summed E-state index contributed by atoms with van der Waals surface area (Å²) in [5, 5.41) is 9.55. The number of hydrogen-bond donors (Lipinski definition) is 5. The maximum absolute atomic E-state index is 14.9. The van der Waals surface area contributed by atoms with Crippen molar-refractivity contribution in [3.63, 3.8) is 0 Å². The summed E-state index contributed by atoms with van der Waals surface area (Å²) in [6, 6.07) is 16.1. The molecule has 1 aromatic heterocycles. The van der Waals surface area contributed by atoms with E-state index in [1.54, 1.807) is 37.3 Å². The van der Waals surface area contributed by atoms with Gasteiger partial charge in [0.2, 0.25) is 5.91 Å². The fourth-order valence-electron chi connectivity index (χ4n) is 5.33. The molecule has 1 fully saturated rings. The van der Waals surface area contributed by atoms with Crippen molar-refractivity contribution in [2.75, 3.05) is 24.2 Å². The number of nitrogens with zero attached hydrogens (tertiary/aromatic N) is 3. The number of halogens is 2. The lowest BCUT2D eigenvalue weighted by Gasteiger charge is -2.18. The third-order valence-electron chi connectivity index (χ3n) is 7.81. The van der Waals surface area contributed by atoms with Gasteiger partial charge in [-0.2, -0.15) is 0 Å². The highest BCUT2D eigenvalue weighted by atomic mass is 19.1. The van der Waals surface area contributed by atoms with E-state index in [-0.39, 0.29) is 57.3 Å². The van der Waals surface area contributed by atoms with Gasteiger partial charge >= 0.3 is 5.69 Å². The fraction of sp³-hybridized carbons (Fsp3) is 0.200. The van der Waals surface area contributed by atoms with Gasteiger partial charge in [-0.25, -0.2) is 19.4 Å². The van der Waals surface area contributed by atoms with Gasteiger partial charge in [-0.3, -0.25) is 23.5 Å². The van der Waals surface area contributed by atoms with Gasteiger partial charge in [0.25, 0.3) is 5.56 Å². The van der Waals surface area contributed by atoms with E-state index >= 15 is 0 Å². The summed E-state index contributed by atoms with van der Waals surface area (Å²) in [5.74, 6) is 4.48. The minimum atomic E-state index is -0.681. The van der Waals surface area contributed by atoms with Crippen LogP contribution < -0.4 is 49.3 Å². The Hall–Kier alpha value is -6.02. The van der Waals surface area contributed by atoms with Crippen LogP contribution in [0, 0.1) is 18.6 Å². The zero-order valence-electron chi connectivity index (χ0n) is 27.1. The number of nitrogens with one attached hydrogen (secondary N) is 3. The average Bonchev–Trinajstić information content (AvgIpc) is 3.89. The van der Waals surface area contributed by atoms with Crippen molar-refractivity contribution in [1.82, 2.24) is 19.5 Å². The van der Waals surface area contributed by atoms with Crippen molar-refractivity contribution < 1.29 is 18.4 Å². The molecule has 0 aliphatic heterocycles. The molecule has 1 heterocycles. The van der Waals surface area contributed by atoms with E-state index in [9.17, 15) is 28.0 Å². The van der Waals surface area contributed by atoms with E-state index < -0.39 is 28.8 Å². The summed E-state index contributed by atoms with van der Waals surface area (Å²) in [6.07, 6.45) is 3.02. The van der Waals surface area contributed by atoms with E-state index in [1.807, 2.05) is 0 Å². The number of hydrazine groups is 1. The van der Waals surface area contributed by atoms with Crippen LogP contribution in [0.1, 0.15) is 36.9 Å². The summed E-state index contributed by atoms with van der Waals surface area (Å²) in [7, 11) is 1.53. The predicted molar refractivity (Wildman–Crippen MR) is 184 cm³/mol. The van der Waals surface area contributed by atoms with Crippen LogP contribution in [0.4, 0.5) is 20.2 Å². The van der Waals surface area contributed by atoms with Crippen molar-refractivity contribution in [3.8, 4) is 5.69 Å². The smallest absolute Gasteiger partial charge is 0.336 e. The van der Waals surface area contributed by atoms with Crippen molar-refractivity contribution >= 4 is 40.7 Å². The summed E-state index contributed by atoms with van der Waals surface area (Å²) in [6.45, 7) is 2.87. The molecule has 0 saturated heterocycles. The number of anilines is 2. The highest BCUT2D eigenvalue weighted by Crippen LogP contribution is 2.32. The largest absolute Gasteiger partial charge is 0.397 e. The van der Waals surface area contributed by atoms with Gasteiger partial charge in [-0.15, -0.1) is 0 Å². The van der Waals surface area contributed by atoms with Gasteiger partial charge in [-0.1, -0.05) is 24.3 Å². The standard InChI is InChI=1S/C35H36F2N8O4/c1-20-10-13-29(27(37)14-20)42-33(40-3)31-32(21(2)19-46)44(35(49)45(34(31)48)25-11-12-25)26-9-5-8-24(16-26)41-30(47)18-43(39)17-28(38)22-6-4-7-23(36)15-22/h4-10,13-17,19,25,40,42H,11-12,18,38-39H2,1-3H3,(H,41,47)/b28-17-,32-21+,33-31-. The van der Waals surface area contributed by atoms with Gasteiger partial charge in [0.15, 0.2) is 0 Å². The van der Waals surface area contributed by atoms with E-state index in [0.717, 1.165) is 9.58 Å². The number of hydrogen-bond acceptors (Lipinski definition) is 9. The second kappa shape index (κ2) is 14.4. The Balaban J connectivity index is 1.59. The first kappa shape index (κ1) is 34.3. The van der Waals surface area contributed by atoms with Crippen molar-refractivity contribution in [2.24, 2.45) is 11.6 Å². The van der Waals surface area contributed by atoms with E-state index in [0.29, 0.717) is 30.3 Å². The van der Waals surface area contributed by atoms with Gasteiger partial charge in [-0.05, 0) is 74.7 Å². The number of rotatable bonds is 11. The lowest BCUT2D eigenvalue weighted by Crippen LogP contribution is -2.60.